The van der Waals surface area contributed by atoms with Crippen LogP contribution in [-0.4, -0.2) is 117 Å². The molecule has 0 bridgehead atoms. The molecule has 394 valence electrons. The van der Waals surface area contributed by atoms with Crippen molar-refractivity contribution in [3.05, 3.63) is 92.2 Å². The quantitative estimate of drug-likeness (QED) is 0.0290. The maximum atomic E-state index is 12.7. The summed E-state index contributed by atoms with van der Waals surface area (Å²) < 4.78 is 63.9. The molecule has 0 radical (unpaired) electrons. The molecule has 1 heterocycles. The zero-order chi connectivity index (χ0) is 54.4. The second-order valence-corrected chi connectivity index (χ2v) is 19.5. The molecule has 3 unspecified atom stereocenters. The standard InChI is InChI=1S/C17H11Cl2F3O5.C15H22ClNO2.C8H14ClN5.C5H12NO4P/c1-8(15(23)24)26-16(25)11-7-10(3-4-12(11)18)27-14-5-2-9(6-13(14)19)17(20,21)22;1-5-13-8-6-7-11(2)15(13)17(14(18)9-16)12(3)10-19-4;1-4-10-7-12-6(9)13-8(14-7)11-5(2)3;1-11(9,10)3-2-4(6)5(7)8/h2-8H,1H3,(H,23,24);6-8,12H,5,9-10H2,1-4H3;5H,4H2,1-3H3,(H2,10,11,12,13,14);4H,2-3,6H2,1H3,(H,7,8)(H,9,10)/t8-;;;/m0.../s1. The van der Waals surface area contributed by atoms with Gasteiger partial charge in [-0.2, -0.15) is 28.1 Å². The largest absolute Gasteiger partial charge is 0.480 e. The summed E-state index contributed by atoms with van der Waals surface area (Å²) in [6.45, 7) is 15.6. The molecule has 3 aromatic carbocycles. The van der Waals surface area contributed by atoms with Crippen molar-refractivity contribution in [3.8, 4) is 11.5 Å². The number of anilines is 3. The number of ether oxygens (including phenoxy) is 3. The van der Waals surface area contributed by atoms with Crippen molar-refractivity contribution in [2.24, 2.45) is 5.73 Å². The number of carbonyl (C=O) groups excluding carboxylic acids is 2. The summed E-state index contributed by atoms with van der Waals surface area (Å²) in [4.78, 5) is 67.6. The summed E-state index contributed by atoms with van der Waals surface area (Å²) in [6.07, 6.45) is -5.08. The third-order valence-electron chi connectivity index (χ3n) is 8.98. The van der Waals surface area contributed by atoms with Crippen LogP contribution in [0.15, 0.2) is 54.6 Å². The number of halogens is 7. The van der Waals surface area contributed by atoms with Crippen LogP contribution in [0.25, 0.3) is 0 Å². The third kappa shape index (κ3) is 23.4. The summed E-state index contributed by atoms with van der Waals surface area (Å²) >= 11 is 23.2. The lowest BCUT2D eigenvalue weighted by Crippen LogP contribution is -2.43. The Morgan fingerprint density at radius 1 is 0.915 bits per heavy atom. The molecule has 1 aromatic heterocycles. The first-order chi connectivity index (χ1) is 33.0. The maximum absolute atomic E-state index is 12.7. The molecule has 0 aliphatic heterocycles. The molecule has 7 N–H and O–H groups in total. The average molecular weight is 1100 g/mol. The lowest BCUT2D eigenvalue weighted by atomic mass is 10.0. The number of rotatable bonds is 19. The van der Waals surface area contributed by atoms with Gasteiger partial charge in [-0.15, -0.1) is 11.6 Å². The number of aromatic nitrogens is 3. The molecule has 1 amide bonds. The van der Waals surface area contributed by atoms with Crippen molar-refractivity contribution in [2.75, 3.05) is 54.5 Å². The molecule has 0 saturated heterocycles. The molecule has 71 heavy (non-hydrogen) atoms. The van der Waals surface area contributed by atoms with Crippen molar-refractivity contribution in [2.45, 2.75) is 91.7 Å². The van der Waals surface area contributed by atoms with Gasteiger partial charge in [0.25, 0.3) is 0 Å². The molecule has 0 aliphatic carbocycles. The van der Waals surface area contributed by atoms with Crippen LogP contribution in [0.3, 0.4) is 0 Å². The highest BCUT2D eigenvalue weighted by atomic mass is 35.5. The van der Waals surface area contributed by atoms with Gasteiger partial charge in [-0.3, -0.25) is 14.2 Å². The summed E-state index contributed by atoms with van der Waals surface area (Å²) in [5.74, 6) is -2.64. The van der Waals surface area contributed by atoms with E-state index in [0.29, 0.717) is 24.6 Å². The highest BCUT2D eigenvalue weighted by Gasteiger charge is 2.31. The first kappa shape index (κ1) is 64.0. The summed E-state index contributed by atoms with van der Waals surface area (Å²) in [6, 6.07) is 11.6. The average Bonchev–Trinajstić information content (AvgIpc) is 3.27. The Morgan fingerprint density at radius 2 is 1.55 bits per heavy atom. The minimum absolute atomic E-state index is 0.0223. The first-order valence-corrected chi connectivity index (χ1v) is 25.4. The molecule has 0 saturated carbocycles. The zero-order valence-corrected chi connectivity index (χ0v) is 44.2. The number of nitrogens with two attached hydrogens (primary N) is 1. The van der Waals surface area contributed by atoms with E-state index < -0.39 is 49.2 Å². The predicted molar refractivity (Wildman–Crippen MR) is 269 cm³/mol. The van der Waals surface area contributed by atoms with Crippen molar-refractivity contribution in [1.82, 2.24) is 15.0 Å². The Morgan fingerprint density at radius 3 is 2.06 bits per heavy atom. The lowest BCUT2D eigenvalue weighted by Gasteiger charge is -2.31. The number of aliphatic carboxylic acids is 2. The number of carbonyl (C=O) groups is 4. The van der Waals surface area contributed by atoms with E-state index in [0.717, 1.165) is 54.9 Å². The Hall–Kier alpha value is -4.99. The predicted octanol–water partition coefficient (Wildman–Crippen LogP) is 10.1. The number of hydrogen-bond donors (Lipinski definition) is 6. The highest BCUT2D eigenvalue weighted by Crippen LogP contribution is 2.38. The van der Waals surface area contributed by atoms with Crippen LogP contribution >= 0.6 is 53.8 Å². The number of para-hydroxylation sites is 1. The molecule has 0 fully saturated rings. The summed E-state index contributed by atoms with van der Waals surface area (Å²) in [7, 11) is -1.47. The van der Waals surface area contributed by atoms with Gasteiger partial charge in [-0.25, -0.2) is 9.59 Å². The number of amides is 1. The molecule has 0 aliphatic rings. The van der Waals surface area contributed by atoms with Gasteiger partial charge in [-0.1, -0.05) is 48.3 Å². The van der Waals surface area contributed by atoms with Gasteiger partial charge in [0, 0.05) is 32.5 Å². The van der Waals surface area contributed by atoms with Crippen molar-refractivity contribution in [3.63, 3.8) is 0 Å². The topological polar surface area (TPSA) is 266 Å². The number of benzene rings is 3. The molecule has 4 rings (SSSR count). The van der Waals surface area contributed by atoms with Gasteiger partial charge in [0.1, 0.15) is 23.4 Å². The normalized spacial score (nSPS) is 12.9. The van der Waals surface area contributed by atoms with E-state index in [1.165, 1.54) is 18.8 Å². The summed E-state index contributed by atoms with van der Waals surface area (Å²) in [5, 5.41) is 23.0. The van der Waals surface area contributed by atoms with Crippen LogP contribution in [0.2, 0.25) is 15.3 Å². The SMILES string of the molecule is CCNc1nc(Cl)nc(NC(C)C)n1.CCc1cccc(C)c1N(C(=O)CCl)C(C)COC.CP(=O)(O)CCC(N)C(=O)O.C[C@H](OC(=O)c1cc(Oc2ccc(C(F)(F)F)cc2Cl)ccc1Cl)C(=O)O. The second kappa shape index (κ2) is 30.8. The van der Waals surface area contributed by atoms with E-state index in [1.54, 1.807) is 12.0 Å². The molecule has 4 atom stereocenters. The number of methoxy groups -OCH3 is 1. The number of carboxylic acids is 2. The zero-order valence-electron chi connectivity index (χ0n) is 40.3. The summed E-state index contributed by atoms with van der Waals surface area (Å²) in [5.41, 5.74) is 7.19. The van der Waals surface area contributed by atoms with Crippen molar-refractivity contribution in [1.29, 1.82) is 0 Å². The number of alkyl halides is 4. The first-order valence-electron chi connectivity index (χ1n) is 21.4. The van der Waals surface area contributed by atoms with Crippen LogP contribution in [0.1, 0.15) is 75.0 Å². The fourth-order valence-electron chi connectivity index (χ4n) is 5.62. The minimum Gasteiger partial charge on any atom is -0.480 e. The molecule has 0 spiro atoms. The van der Waals surface area contributed by atoms with E-state index in [2.05, 4.69) is 38.6 Å². The van der Waals surface area contributed by atoms with Crippen molar-refractivity contribution >= 4 is 95.2 Å². The minimum atomic E-state index is -4.56. The number of nitrogens with zero attached hydrogens (tertiary/aromatic N) is 4. The fourth-order valence-corrected chi connectivity index (χ4v) is 7.08. The molecular formula is C45H59Cl4F3N7O11P. The third-order valence-corrected chi connectivity index (χ3v) is 11.1. The van der Waals surface area contributed by atoms with E-state index in [9.17, 15) is 36.9 Å². The lowest BCUT2D eigenvalue weighted by molar-refractivity contribution is -0.146. The Labute approximate surface area is 430 Å². The number of esters is 1. The number of carboxylic acid groups (broad SMARTS) is 2. The van der Waals surface area contributed by atoms with Crippen molar-refractivity contribution < 1.29 is 66.2 Å². The van der Waals surface area contributed by atoms with E-state index in [1.807, 2.05) is 46.8 Å². The van der Waals surface area contributed by atoms with Crippen LogP contribution in [-0.2, 0) is 41.0 Å². The van der Waals surface area contributed by atoms with Gasteiger partial charge < -0.3 is 50.6 Å². The Kier molecular flexibility index (Phi) is 27.8. The van der Waals surface area contributed by atoms with Gasteiger partial charge in [0.2, 0.25) is 23.1 Å². The van der Waals surface area contributed by atoms with E-state index in [-0.39, 0.29) is 68.8 Å². The van der Waals surface area contributed by atoms with Crippen LogP contribution < -0.4 is 26.0 Å². The second-order valence-electron chi connectivity index (χ2n) is 15.5. The smallest absolute Gasteiger partial charge is 0.416 e. The van der Waals surface area contributed by atoms with Gasteiger partial charge in [0.05, 0.1) is 39.5 Å². The Balaban J connectivity index is 0.000000502. The number of aryl methyl sites for hydroxylation is 2. The fraction of sp³-hybridized carbons (Fsp3) is 0.444. The molecule has 4 aromatic rings. The number of nitrogens with one attached hydrogen (secondary N) is 2. The van der Waals surface area contributed by atoms with E-state index in [4.69, 9.17) is 81.5 Å². The van der Waals surface area contributed by atoms with Crippen LogP contribution in [0.4, 0.5) is 30.8 Å². The molecule has 18 nitrogen and oxygen atoms in total. The maximum Gasteiger partial charge on any atom is 0.416 e. The van der Waals surface area contributed by atoms with E-state index >= 15 is 0 Å². The highest BCUT2D eigenvalue weighted by molar-refractivity contribution is 7.57. The number of hydrogen-bond acceptors (Lipinski definition) is 14. The molecule has 26 heteroatoms. The Bertz CT molecular complexity index is 2440. The van der Waals surface area contributed by atoms with Gasteiger partial charge in [0.15, 0.2) is 13.5 Å². The molecular weight excluding hydrogens is 1040 g/mol. The van der Waals surface area contributed by atoms with Crippen LogP contribution in [0, 0.1) is 6.92 Å². The monoisotopic (exact) mass is 1100 g/mol. The van der Waals surface area contributed by atoms with Gasteiger partial charge >= 0.3 is 24.1 Å². The van der Waals surface area contributed by atoms with Gasteiger partial charge in [-0.05, 0) is 114 Å². The van der Waals surface area contributed by atoms with Crippen LogP contribution in [0.5, 0.6) is 11.5 Å².